The largest absolute Gasteiger partial charge is 0.504 e. The number of aromatic nitrogens is 2. The van der Waals surface area contributed by atoms with Crippen LogP contribution in [0.25, 0.3) is 32.9 Å². The van der Waals surface area contributed by atoms with Crippen LogP contribution in [0.2, 0.25) is 0 Å². The van der Waals surface area contributed by atoms with Crippen molar-refractivity contribution in [1.82, 2.24) is 9.97 Å². The van der Waals surface area contributed by atoms with E-state index in [0.29, 0.717) is 28.5 Å². The minimum absolute atomic E-state index is 0.0442. The van der Waals surface area contributed by atoms with Gasteiger partial charge in [0.05, 0.1) is 11.1 Å². The van der Waals surface area contributed by atoms with Crippen molar-refractivity contribution in [2.75, 3.05) is 0 Å². The van der Waals surface area contributed by atoms with Crippen LogP contribution in [-0.2, 0) is 11.8 Å². The third kappa shape index (κ3) is 4.26. The molecule has 39 heavy (non-hydrogen) atoms. The number of nitrogens with one attached hydrogen (secondary N) is 2. The maximum absolute atomic E-state index is 13.8. The predicted octanol–water partition coefficient (Wildman–Crippen LogP) is 7.52. The molecule has 0 unspecified atom stereocenters. The number of carboxylic acids is 1. The van der Waals surface area contributed by atoms with E-state index in [9.17, 15) is 19.8 Å². The van der Waals surface area contributed by atoms with Crippen LogP contribution < -0.4 is 0 Å². The molecule has 4 N–H and O–H groups in total. The van der Waals surface area contributed by atoms with Crippen molar-refractivity contribution >= 4 is 33.6 Å². The maximum Gasteiger partial charge on any atom is 0.372 e. The van der Waals surface area contributed by atoms with Crippen LogP contribution in [0, 0.1) is 0 Å². The number of aromatic amines is 2. The van der Waals surface area contributed by atoms with Gasteiger partial charge in [-0.3, -0.25) is 4.79 Å². The summed E-state index contributed by atoms with van der Waals surface area (Å²) in [6.07, 6.45) is 6.10. The number of carboxylic acid groups (broad SMARTS) is 1. The molecule has 0 spiro atoms. The quantitative estimate of drug-likeness (QED) is 0.124. The fourth-order valence-corrected chi connectivity index (χ4v) is 4.96. The molecule has 5 aromatic rings. The molecule has 0 aliphatic heterocycles. The van der Waals surface area contributed by atoms with Crippen LogP contribution in [-0.4, -0.2) is 31.9 Å². The second-order valence-corrected chi connectivity index (χ2v) is 10.5. The number of carbonyl (C=O) groups excluding carboxylic acids is 1. The molecule has 198 valence electrons. The Labute approximate surface area is 225 Å². The third-order valence-electron chi connectivity index (χ3n) is 7.17. The lowest BCUT2D eigenvalue weighted by molar-refractivity contribution is 0.0661. The summed E-state index contributed by atoms with van der Waals surface area (Å²) < 4.78 is 5.66. The van der Waals surface area contributed by atoms with Crippen molar-refractivity contribution in [3.8, 4) is 16.9 Å². The van der Waals surface area contributed by atoms with E-state index in [4.69, 9.17) is 4.42 Å². The summed E-state index contributed by atoms with van der Waals surface area (Å²) in [4.78, 5) is 32.7. The van der Waals surface area contributed by atoms with E-state index in [1.807, 2.05) is 70.2 Å². The Morgan fingerprint density at radius 3 is 2.44 bits per heavy atom. The number of carbonyl (C=O) groups is 2. The minimum Gasteiger partial charge on any atom is -0.504 e. The van der Waals surface area contributed by atoms with Gasteiger partial charge in [0.2, 0.25) is 17.3 Å². The first-order valence-electron chi connectivity index (χ1n) is 12.7. The highest BCUT2D eigenvalue weighted by molar-refractivity contribution is 6.18. The van der Waals surface area contributed by atoms with E-state index in [1.165, 1.54) is 5.57 Å². The standard InChI is InChI=1S/C32H30N2O5/c1-6-32(4,5)30-23(20-11-7-8-13-22(20)34-30)24-27(36)29(39-28(24)31(37)38)26(35)21-16-33-25-18(15-14-17(2)3)10-9-12-19(21)25/h6-14,16,33-34,36H,1,15H2,2-5H3,(H,37,38). The number of rotatable bonds is 8. The van der Waals surface area contributed by atoms with Gasteiger partial charge in [-0.05, 0) is 31.9 Å². The molecule has 0 amide bonds. The summed E-state index contributed by atoms with van der Waals surface area (Å²) >= 11 is 0. The number of ketones is 1. The third-order valence-corrected chi connectivity index (χ3v) is 7.17. The Bertz CT molecular complexity index is 1800. The summed E-state index contributed by atoms with van der Waals surface area (Å²) in [6.45, 7) is 11.8. The first-order valence-corrected chi connectivity index (χ1v) is 12.7. The van der Waals surface area contributed by atoms with Crippen molar-refractivity contribution in [2.45, 2.75) is 39.5 Å². The fraction of sp³-hybridized carbons (Fsp3) is 0.188. The lowest BCUT2D eigenvalue weighted by Crippen LogP contribution is -2.15. The molecule has 3 aromatic heterocycles. The van der Waals surface area contributed by atoms with Gasteiger partial charge in [-0.15, -0.1) is 6.58 Å². The summed E-state index contributed by atoms with van der Waals surface area (Å²) in [5.74, 6) is -3.46. The van der Waals surface area contributed by atoms with E-state index in [1.54, 1.807) is 12.3 Å². The zero-order valence-corrected chi connectivity index (χ0v) is 22.3. The van der Waals surface area contributed by atoms with Crippen molar-refractivity contribution in [3.05, 3.63) is 101 Å². The van der Waals surface area contributed by atoms with Gasteiger partial charge in [-0.1, -0.05) is 68.0 Å². The van der Waals surface area contributed by atoms with E-state index < -0.39 is 34.4 Å². The molecule has 5 rings (SSSR count). The molecular weight excluding hydrogens is 492 g/mol. The van der Waals surface area contributed by atoms with Gasteiger partial charge in [0.1, 0.15) is 0 Å². The Balaban J connectivity index is 1.72. The van der Waals surface area contributed by atoms with Gasteiger partial charge >= 0.3 is 5.97 Å². The number of H-pyrrole nitrogens is 2. The summed E-state index contributed by atoms with van der Waals surface area (Å²) in [5, 5.41) is 22.9. The molecule has 0 fully saturated rings. The number of furan rings is 1. The second kappa shape index (κ2) is 9.51. The molecule has 2 aromatic carbocycles. The predicted molar refractivity (Wildman–Crippen MR) is 153 cm³/mol. The van der Waals surface area contributed by atoms with Crippen molar-refractivity contribution < 1.29 is 24.2 Å². The SMILES string of the molecule is C=CC(C)(C)c1[nH]c2ccccc2c1-c1c(C(=O)O)oc(C(=O)c2c[nH]c3c(CC=C(C)C)cccc23)c1O. The van der Waals surface area contributed by atoms with E-state index in [2.05, 4.69) is 22.6 Å². The topological polar surface area (TPSA) is 119 Å². The average molecular weight is 523 g/mol. The first kappa shape index (κ1) is 25.9. The lowest BCUT2D eigenvalue weighted by Gasteiger charge is -2.20. The van der Waals surface area contributed by atoms with Gasteiger partial charge in [-0.25, -0.2) is 4.79 Å². The Kier molecular flexibility index (Phi) is 6.30. The molecule has 0 saturated heterocycles. The van der Waals surface area contributed by atoms with Gasteiger partial charge in [0.15, 0.2) is 5.75 Å². The number of fused-ring (bicyclic) bond motifs is 2. The van der Waals surface area contributed by atoms with Crippen LogP contribution in [0.4, 0.5) is 0 Å². The average Bonchev–Trinajstić information content (AvgIpc) is 3.60. The molecule has 0 bridgehead atoms. The summed E-state index contributed by atoms with van der Waals surface area (Å²) in [6, 6.07) is 13.0. The number of benzene rings is 2. The number of hydrogen-bond donors (Lipinski definition) is 4. The molecule has 0 aliphatic carbocycles. The van der Waals surface area contributed by atoms with Crippen LogP contribution in [0.3, 0.4) is 0 Å². The molecule has 0 aliphatic rings. The van der Waals surface area contributed by atoms with Crippen LogP contribution in [0.15, 0.2) is 77.4 Å². The Morgan fingerprint density at radius 1 is 1.03 bits per heavy atom. The van der Waals surface area contributed by atoms with Gasteiger partial charge in [0, 0.05) is 44.7 Å². The Morgan fingerprint density at radius 2 is 1.74 bits per heavy atom. The molecule has 7 heteroatoms. The molecule has 0 radical (unpaired) electrons. The van der Waals surface area contributed by atoms with Gasteiger partial charge in [-0.2, -0.15) is 0 Å². The summed E-state index contributed by atoms with van der Waals surface area (Å²) in [7, 11) is 0. The molecule has 0 saturated carbocycles. The normalized spacial score (nSPS) is 11.7. The van der Waals surface area contributed by atoms with E-state index in [-0.39, 0.29) is 11.1 Å². The van der Waals surface area contributed by atoms with Crippen molar-refractivity contribution in [3.63, 3.8) is 0 Å². The fourth-order valence-electron chi connectivity index (χ4n) is 4.96. The monoisotopic (exact) mass is 522 g/mol. The van der Waals surface area contributed by atoms with E-state index in [0.717, 1.165) is 16.6 Å². The highest BCUT2D eigenvalue weighted by Crippen LogP contribution is 2.47. The van der Waals surface area contributed by atoms with Crippen molar-refractivity contribution in [2.24, 2.45) is 0 Å². The summed E-state index contributed by atoms with van der Waals surface area (Å²) in [5.41, 5.74) is 4.47. The first-order chi connectivity index (χ1) is 18.5. The number of allylic oxidation sites excluding steroid dienone is 3. The number of aromatic hydroxyl groups is 1. The highest BCUT2D eigenvalue weighted by Gasteiger charge is 2.35. The zero-order valence-electron chi connectivity index (χ0n) is 22.3. The number of aromatic carboxylic acids is 1. The Hall–Kier alpha value is -4.78. The molecule has 7 nitrogen and oxygen atoms in total. The molecule has 3 heterocycles. The van der Waals surface area contributed by atoms with Crippen LogP contribution >= 0.6 is 0 Å². The van der Waals surface area contributed by atoms with Crippen LogP contribution in [0.5, 0.6) is 5.75 Å². The van der Waals surface area contributed by atoms with E-state index >= 15 is 0 Å². The maximum atomic E-state index is 13.8. The smallest absolute Gasteiger partial charge is 0.372 e. The zero-order chi connectivity index (χ0) is 28.1. The second-order valence-electron chi connectivity index (χ2n) is 10.5. The number of para-hydroxylation sites is 2. The molecule has 0 atom stereocenters. The number of hydrogen-bond acceptors (Lipinski definition) is 4. The van der Waals surface area contributed by atoms with Gasteiger partial charge in [0.25, 0.3) is 0 Å². The molecular formula is C32H30N2O5. The lowest BCUT2D eigenvalue weighted by atomic mass is 9.84. The highest BCUT2D eigenvalue weighted by atomic mass is 16.4. The minimum atomic E-state index is -1.39. The van der Waals surface area contributed by atoms with Crippen molar-refractivity contribution in [1.29, 1.82) is 0 Å². The van der Waals surface area contributed by atoms with Gasteiger partial charge < -0.3 is 24.6 Å². The van der Waals surface area contributed by atoms with Crippen LogP contribution in [0.1, 0.15) is 65.6 Å².